The van der Waals surface area contributed by atoms with E-state index in [4.69, 9.17) is 9.15 Å². The van der Waals surface area contributed by atoms with Gasteiger partial charge in [-0.1, -0.05) is 33.8 Å². The number of nitrogens with zero attached hydrogens (tertiary/aromatic N) is 3. The number of carbonyl (C=O) groups is 1. The lowest BCUT2D eigenvalue weighted by atomic mass is 9.85. The highest BCUT2D eigenvalue weighted by atomic mass is 32.1. The normalized spacial score (nSPS) is 11.5. The summed E-state index contributed by atoms with van der Waals surface area (Å²) in [6.07, 6.45) is 0.926. The van der Waals surface area contributed by atoms with Crippen LogP contribution < -0.4 is 0 Å². The second-order valence-corrected chi connectivity index (χ2v) is 9.02. The number of thiophene rings is 1. The first kappa shape index (κ1) is 21.6. The molecule has 3 aromatic rings. The molecule has 30 heavy (non-hydrogen) atoms. The van der Waals surface area contributed by atoms with Gasteiger partial charge in [0.25, 0.3) is 17.5 Å². The first-order chi connectivity index (χ1) is 14.1. The molecule has 0 aliphatic carbocycles. The van der Waals surface area contributed by atoms with Crippen LogP contribution >= 0.6 is 11.3 Å². The summed E-state index contributed by atoms with van der Waals surface area (Å²) in [5, 5.41) is 19.4. The number of hydrogen-bond acceptors (Lipinski definition) is 8. The largest absolute Gasteiger partial charge is 0.452 e. The molecule has 2 heterocycles. The van der Waals surface area contributed by atoms with E-state index in [1.54, 1.807) is 17.4 Å². The Bertz CT molecular complexity index is 1090. The Morgan fingerprint density at radius 1 is 1.27 bits per heavy atom. The third-order valence-electron chi connectivity index (χ3n) is 4.58. The van der Waals surface area contributed by atoms with Gasteiger partial charge in [-0.05, 0) is 36.5 Å². The van der Waals surface area contributed by atoms with Gasteiger partial charge in [-0.2, -0.15) is 0 Å². The molecule has 0 radical (unpaired) electrons. The van der Waals surface area contributed by atoms with Gasteiger partial charge in [0.1, 0.15) is 0 Å². The number of rotatable bonds is 6. The number of aromatic nitrogens is 2. The number of ether oxygens (including phenoxy) is 1. The van der Waals surface area contributed by atoms with Crippen LogP contribution in [0, 0.1) is 17.0 Å². The molecular formula is C21H23N3O5S. The molecule has 8 nitrogen and oxygen atoms in total. The molecule has 0 atom stereocenters. The predicted octanol–water partition coefficient (Wildman–Crippen LogP) is 5.23. The minimum absolute atomic E-state index is 0.0934. The Morgan fingerprint density at radius 2 is 2.00 bits per heavy atom. The molecule has 0 spiro atoms. The van der Waals surface area contributed by atoms with Crippen LogP contribution in [0.5, 0.6) is 0 Å². The maximum Gasteiger partial charge on any atom is 0.338 e. The first-order valence-corrected chi connectivity index (χ1v) is 10.3. The number of carbonyl (C=O) groups excluding carboxylic acids is 1. The van der Waals surface area contributed by atoms with Crippen LogP contribution in [-0.2, 0) is 23.2 Å². The lowest BCUT2D eigenvalue weighted by Crippen LogP contribution is -2.15. The van der Waals surface area contributed by atoms with Crippen molar-refractivity contribution in [3.8, 4) is 10.8 Å². The van der Waals surface area contributed by atoms with Gasteiger partial charge in [-0.3, -0.25) is 10.1 Å². The first-order valence-electron chi connectivity index (χ1n) is 9.48. The summed E-state index contributed by atoms with van der Waals surface area (Å²) in [4.78, 5) is 25.4. The Kier molecular flexibility index (Phi) is 6.02. The van der Waals surface area contributed by atoms with Crippen molar-refractivity contribution in [3.05, 3.63) is 61.8 Å². The molecule has 9 heteroatoms. The molecule has 158 valence electrons. The molecule has 1 aromatic carbocycles. The average molecular weight is 429 g/mol. The fourth-order valence-electron chi connectivity index (χ4n) is 3.04. The van der Waals surface area contributed by atoms with Crippen LogP contribution in [-0.4, -0.2) is 21.1 Å². The van der Waals surface area contributed by atoms with E-state index in [1.165, 1.54) is 22.6 Å². The van der Waals surface area contributed by atoms with Gasteiger partial charge in [0.05, 0.1) is 15.4 Å². The van der Waals surface area contributed by atoms with E-state index in [2.05, 4.69) is 17.1 Å². The van der Waals surface area contributed by atoms with Crippen LogP contribution in [0.3, 0.4) is 0 Å². The lowest BCUT2D eigenvalue weighted by molar-refractivity contribution is -0.386. The minimum atomic E-state index is -0.696. The second-order valence-electron chi connectivity index (χ2n) is 7.89. The fraction of sp³-hybridized carbons (Fsp3) is 0.381. The Morgan fingerprint density at radius 3 is 2.60 bits per heavy atom. The van der Waals surface area contributed by atoms with Crippen molar-refractivity contribution in [1.82, 2.24) is 10.2 Å². The minimum Gasteiger partial charge on any atom is -0.452 e. The smallest absolute Gasteiger partial charge is 0.338 e. The van der Waals surface area contributed by atoms with Crippen molar-refractivity contribution in [2.24, 2.45) is 0 Å². The quantitative estimate of drug-likeness (QED) is 0.300. The van der Waals surface area contributed by atoms with Gasteiger partial charge in [0.2, 0.25) is 0 Å². The Hall–Kier alpha value is -3.07. The molecule has 0 aliphatic heterocycles. The van der Waals surface area contributed by atoms with Gasteiger partial charge in [-0.25, -0.2) is 4.79 Å². The zero-order chi connectivity index (χ0) is 22.1. The highest BCUT2D eigenvalue weighted by Gasteiger charge is 2.26. The summed E-state index contributed by atoms with van der Waals surface area (Å²) in [7, 11) is 0. The van der Waals surface area contributed by atoms with Crippen LogP contribution in [0.15, 0.2) is 28.7 Å². The highest BCUT2D eigenvalue weighted by Crippen LogP contribution is 2.32. The van der Waals surface area contributed by atoms with Gasteiger partial charge in [0.15, 0.2) is 6.61 Å². The van der Waals surface area contributed by atoms with E-state index in [9.17, 15) is 14.9 Å². The van der Waals surface area contributed by atoms with Crippen molar-refractivity contribution in [2.75, 3.05) is 0 Å². The number of esters is 1. The number of aryl methyl sites for hydroxylation is 2. The van der Waals surface area contributed by atoms with E-state index in [0.29, 0.717) is 11.5 Å². The molecule has 0 saturated heterocycles. The summed E-state index contributed by atoms with van der Waals surface area (Å²) in [6, 6.07) is 6.34. The van der Waals surface area contributed by atoms with Crippen LogP contribution in [0.1, 0.15) is 59.9 Å². The van der Waals surface area contributed by atoms with E-state index >= 15 is 0 Å². The van der Waals surface area contributed by atoms with Crippen molar-refractivity contribution >= 4 is 23.0 Å². The number of nitro benzene ring substituents is 1. The van der Waals surface area contributed by atoms with Crippen molar-refractivity contribution < 1.29 is 18.9 Å². The Balaban J connectivity index is 1.72. The van der Waals surface area contributed by atoms with E-state index in [0.717, 1.165) is 11.3 Å². The zero-order valence-corrected chi connectivity index (χ0v) is 18.3. The van der Waals surface area contributed by atoms with Crippen molar-refractivity contribution in [1.29, 1.82) is 0 Å². The third-order valence-corrected chi connectivity index (χ3v) is 5.95. The average Bonchev–Trinajstić information content (AvgIpc) is 3.31. The molecule has 3 rings (SSSR count). The molecule has 0 bridgehead atoms. The second kappa shape index (κ2) is 8.35. The molecule has 0 amide bonds. The third kappa shape index (κ3) is 4.56. The molecule has 2 aromatic heterocycles. The topological polar surface area (TPSA) is 108 Å². The van der Waals surface area contributed by atoms with Gasteiger partial charge in [0, 0.05) is 16.5 Å². The molecular weight excluding hydrogens is 406 g/mol. The van der Waals surface area contributed by atoms with Gasteiger partial charge >= 0.3 is 5.97 Å². The number of nitro groups is 1. The molecule has 0 saturated carbocycles. The fourth-order valence-corrected chi connectivity index (χ4v) is 4.08. The molecule has 0 fully saturated rings. The van der Waals surface area contributed by atoms with Crippen LogP contribution in [0.25, 0.3) is 10.8 Å². The van der Waals surface area contributed by atoms with Crippen molar-refractivity contribution in [3.63, 3.8) is 0 Å². The number of benzene rings is 1. The maximum atomic E-state index is 12.4. The Labute approximate surface area is 178 Å². The number of hydrogen-bond donors (Lipinski definition) is 0. The van der Waals surface area contributed by atoms with E-state index in [-0.39, 0.29) is 23.7 Å². The maximum absolute atomic E-state index is 12.4. The SMILES string of the molecule is CCc1sc(-c2nnc(COC(=O)c3ccc(C(C)(C)C)c([N+](=O)[O-])c3)o2)cc1C. The lowest BCUT2D eigenvalue weighted by Gasteiger charge is -2.19. The standard InChI is InChI=1S/C21H23N3O5S/c1-6-16-12(2)9-17(30-16)19-23-22-18(29-19)11-28-20(25)13-7-8-14(21(3,4)5)15(10-13)24(26)27/h7-10H,6,11H2,1-5H3. The van der Waals surface area contributed by atoms with E-state index in [1.807, 2.05) is 33.8 Å². The van der Waals surface area contributed by atoms with Crippen molar-refractivity contribution in [2.45, 2.75) is 53.1 Å². The molecule has 0 aliphatic rings. The van der Waals surface area contributed by atoms with Crippen LogP contribution in [0.4, 0.5) is 5.69 Å². The van der Waals surface area contributed by atoms with E-state index < -0.39 is 16.3 Å². The van der Waals surface area contributed by atoms with Crippen LogP contribution in [0.2, 0.25) is 0 Å². The summed E-state index contributed by atoms with van der Waals surface area (Å²) >= 11 is 1.59. The summed E-state index contributed by atoms with van der Waals surface area (Å²) in [5.41, 5.74) is 1.27. The molecule has 0 unspecified atom stereocenters. The predicted molar refractivity (Wildman–Crippen MR) is 113 cm³/mol. The monoisotopic (exact) mass is 429 g/mol. The zero-order valence-electron chi connectivity index (χ0n) is 17.5. The van der Waals surface area contributed by atoms with Gasteiger partial charge in [-0.15, -0.1) is 21.5 Å². The summed E-state index contributed by atoms with van der Waals surface area (Å²) in [5.74, 6) is -0.166. The summed E-state index contributed by atoms with van der Waals surface area (Å²) < 4.78 is 10.8. The summed E-state index contributed by atoms with van der Waals surface area (Å²) in [6.45, 7) is 9.52. The molecule has 0 N–H and O–H groups in total. The highest BCUT2D eigenvalue weighted by molar-refractivity contribution is 7.15. The van der Waals surface area contributed by atoms with Gasteiger partial charge < -0.3 is 9.15 Å².